The molecular weight excluding hydrogens is 808 g/mol. The van der Waals surface area contributed by atoms with Crippen molar-refractivity contribution in [1.82, 2.24) is 19.5 Å². The topological polar surface area (TPSA) is 63.8 Å². The molecule has 252 valence electrons. The van der Waals surface area contributed by atoms with Gasteiger partial charge in [-0.1, -0.05) is 111 Å². The van der Waals surface area contributed by atoms with E-state index in [9.17, 15) is 5.11 Å². The molecule has 0 bridgehead atoms. The second-order valence-electron chi connectivity index (χ2n) is 13.5. The van der Waals surface area contributed by atoms with Crippen LogP contribution in [0.3, 0.4) is 0 Å². The van der Waals surface area contributed by atoms with Gasteiger partial charge in [0.15, 0.2) is 0 Å². The first-order chi connectivity index (χ1) is 24.3. The third-order valence-corrected chi connectivity index (χ3v) is 9.12. The largest absolute Gasteiger partial charge is 0.507 e. The summed E-state index contributed by atoms with van der Waals surface area (Å²) in [5.74, 6) is 0.175. The van der Waals surface area contributed by atoms with Crippen LogP contribution in [0.25, 0.3) is 72.7 Å². The van der Waals surface area contributed by atoms with Gasteiger partial charge in [-0.25, -0.2) is 4.98 Å². The zero-order valence-electron chi connectivity index (χ0n) is 28.5. The second-order valence-corrected chi connectivity index (χ2v) is 13.5. The van der Waals surface area contributed by atoms with Gasteiger partial charge in [0.1, 0.15) is 12.1 Å². The Balaban J connectivity index is 0.00000406. The smallest absolute Gasteiger partial charge is 0.124 e. The molecule has 0 saturated heterocycles. The molecule has 5 nitrogen and oxygen atoms in total. The van der Waals surface area contributed by atoms with Crippen molar-refractivity contribution < 1.29 is 26.2 Å². The van der Waals surface area contributed by atoms with E-state index in [2.05, 4.69) is 110 Å². The van der Waals surface area contributed by atoms with Crippen molar-refractivity contribution in [3.8, 4) is 67.5 Å². The number of hydrogen-bond acceptors (Lipinski definition) is 4. The summed E-state index contributed by atoms with van der Waals surface area (Å²) in [6.45, 7) is 6.61. The van der Waals surface area contributed by atoms with Crippen LogP contribution in [0.15, 0.2) is 152 Å². The number of para-hydroxylation sites is 3. The van der Waals surface area contributed by atoms with E-state index < -0.39 is 0 Å². The fraction of sp³-hybridized carbons (Fsp3) is 0.0889. The summed E-state index contributed by atoms with van der Waals surface area (Å²) < 4.78 is 2.12. The van der Waals surface area contributed by atoms with E-state index in [1.165, 1.54) is 5.56 Å². The van der Waals surface area contributed by atoms with Gasteiger partial charge in [0, 0.05) is 55.5 Å². The summed E-state index contributed by atoms with van der Waals surface area (Å²) in [7, 11) is 0. The third kappa shape index (κ3) is 6.66. The standard InChI is InChI=1S/C45H35N4O.Pt/c1-45(2,3)33-23-24-46-39(28-33)30-13-11-14-31(25-30)40-26-32(27-41(48-40)38-19-9-10-22-43(38)50)35-17-7-8-18-36(35)37-20-12-21-42-44(37)47-29-49(42)34-15-5-4-6-16-34;/h4-24,26-29,50H,1-3H3;/q-1;. The van der Waals surface area contributed by atoms with Gasteiger partial charge >= 0.3 is 0 Å². The first-order valence-electron chi connectivity index (χ1n) is 16.7. The van der Waals surface area contributed by atoms with Crippen LogP contribution >= 0.6 is 0 Å². The van der Waals surface area contributed by atoms with Gasteiger partial charge in [0.25, 0.3) is 0 Å². The van der Waals surface area contributed by atoms with E-state index in [1.807, 2.05) is 67.1 Å². The van der Waals surface area contributed by atoms with Crippen molar-refractivity contribution in [2.45, 2.75) is 26.2 Å². The summed E-state index contributed by atoms with van der Waals surface area (Å²) >= 11 is 0. The Labute approximate surface area is 312 Å². The first-order valence-corrected chi connectivity index (χ1v) is 16.7. The molecule has 3 heterocycles. The number of phenols is 1. The average molecular weight is 843 g/mol. The van der Waals surface area contributed by atoms with Crippen molar-refractivity contribution in [3.63, 3.8) is 0 Å². The van der Waals surface area contributed by atoms with Gasteiger partial charge in [-0.05, 0) is 70.1 Å². The number of hydrogen-bond donors (Lipinski definition) is 1. The van der Waals surface area contributed by atoms with Crippen LogP contribution in [-0.2, 0) is 26.5 Å². The molecule has 0 radical (unpaired) electrons. The minimum Gasteiger partial charge on any atom is -0.507 e. The predicted molar refractivity (Wildman–Crippen MR) is 203 cm³/mol. The number of fused-ring (bicyclic) bond motifs is 1. The number of rotatable bonds is 6. The number of aromatic nitrogens is 4. The summed E-state index contributed by atoms with van der Waals surface area (Å²) in [6.07, 6.45) is 3.76. The Morgan fingerprint density at radius 2 is 1.24 bits per heavy atom. The van der Waals surface area contributed by atoms with Gasteiger partial charge in [-0.2, -0.15) is 0 Å². The molecule has 5 aromatic carbocycles. The number of benzene rings is 5. The van der Waals surface area contributed by atoms with Crippen molar-refractivity contribution in [3.05, 3.63) is 164 Å². The molecule has 1 N–H and O–H groups in total. The normalized spacial score (nSPS) is 11.4. The summed E-state index contributed by atoms with van der Waals surface area (Å²) in [4.78, 5) is 14.7. The van der Waals surface area contributed by atoms with Crippen molar-refractivity contribution >= 4 is 11.0 Å². The molecule has 0 aliphatic rings. The fourth-order valence-electron chi connectivity index (χ4n) is 6.48. The quantitative estimate of drug-likeness (QED) is 0.169. The Morgan fingerprint density at radius 1 is 0.588 bits per heavy atom. The maximum Gasteiger partial charge on any atom is 0.124 e. The maximum atomic E-state index is 11.0. The molecule has 0 aliphatic heterocycles. The van der Waals surface area contributed by atoms with Gasteiger partial charge < -0.3 is 5.11 Å². The van der Waals surface area contributed by atoms with Crippen LogP contribution < -0.4 is 0 Å². The molecule has 0 atom stereocenters. The molecule has 0 unspecified atom stereocenters. The van der Waals surface area contributed by atoms with E-state index in [1.54, 1.807) is 6.07 Å². The van der Waals surface area contributed by atoms with Gasteiger partial charge in [0.05, 0.1) is 16.7 Å². The van der Waals surface area contributed by atoms with Crippen LogP contribution in [0.4, 0.5) is 0 Å². The van der Waals surface area contributed by atoms with Crippen molar-refractivity contribution in [2.75, 3.05) is 0 Å². The van der Waals surface area contributed by atoms with E-state index >= 15 is 0 Å². The number of nitrogens with zero attached hydrogens (tertiary/aromatic N) is 4. The molecule has 0 amide bonds. The van der Waals surface area contributed by atoms with Gasteiger partial charge in [0.2, 0.25) is 0 Å². The van der Waals surface area contributed by atoms with Crippen LogP contribution in [0.2, 0.25) is 0 Å². The molecule has 0 saturated carbocycles. The van der Waals surface area contributed by atoms with Crippen LogP contribution in [-0.4, -0.2) is 24.6 Å². The monoisotopic (exact) mass is 842 g/mol. The van der Waals surface area contributed by atoms with Crippen molar-refractivity contribution in [2.24, 2.45) is 0 Å². The number of aromatic hydroxyl groups is 1. The molecule has 51 heavy (non-hydrogen) atoms. The van der Waals surface area contributed by atoms with Crippen LogP contribution in [0.1, 0.15) is 26.3 Å². The maximum absolute atomic E-state index is 11.0. The van der Waals surface area contributed by atoms with E-state index in [0.717, 1.165) is 61.5 Å². The molecule has 8 aromatic rings. The third-order valence-electron chi connectivity index (χ3n) is 9.12. The molecule has 0 fully saturated rings. The Kier molecular flexibility index (Phi) is 9.25. The van der Waals surface area contributed by atoms with Crippen LogP contribution in [0.5, 0.6) is 5.75 Å². The zero-order valence-corrected chi connectivity index (χ0v) is 30.8. The minimum atomic E-state index is -0.00478. The number of imidazole rings is 1. The minimum absolute atomic E-state index is 0. The summed E-state index contributed by atoms with van der Waals surface area (Å²) in [5, 5.41) is 11.0. The Morgan fingerprint density at radius 3 is 2.00 bits per heavy atom. The molecule has 3 aromatic heterocycles. The van der Waals surface area contributed by atoms with Gasteiger partial charge in [-0.15, -0.1) is 24.3 Å². The fourth-order valence-corrected chi connectivity index (χ4v) is 6.48. The number of pyridine rings is 2. The van der Waals surface area contributed by atoms with Gasteiger partial charge in [-0.3, -0.25) is 14.5 Å². The Bertz CT molecular complexity index is 2500. The van der Waals surface area contributed by atoms with E-state index in [0.29, 0.717) is 11.3 Å². The Hall–Kier alpha value is -5.64. The van der Waals surface area contributed by atoms with E-state index in [4.69, 9.17) is 15.0 Å². The van der Waals surface area contributed by atoms with Crippen molar-refractivity contribution in [1.29, 1.82) is 0 Å². The molecular formula is C45H35N4OPt-. The van der Waals surface area contributed by atoms with E-state index in [-0.39, 0.29) is 32.2 Å². The van der Waals surface area contributed by atoms with Crippen LogP contribution in [0, 0.1) is 6.07 Å². The number of phenolic OH excluding ortho intramolecular Hbond substituents is 1. The predicted octanol–water partition coefficient (Wildman–Crippen LogP) is 11.0. The average Bonchev–Trinajstić information content (AvgIpc) is 3.60. The summed E-state index contributed by atoms with van der Waals surface area (Å²) in [5.41, 5.74) is 13.0. The second kappa shape index (κ2) is 13.9. The zero-order chi connectivity index (χ0) is 34.2. The molecule has 0 spiro atoms. The first kappa shape index (κ1) is 33.8. The molecule has 0 aliphatic carbocycles. The SMILES string of the molecule is CC(C)(C)c1ccnc(-c2[c-]c(-c3cc(-c4ccccc4-c4cccc5c4ncn5-c4ccccc4)cc(-c4ccccc4O)n3)ccc2)c1.[Pt]. The molecule has 8 rings (SSSR count). The molecule has 6 heteroatoms. The summed E-state index contributed by atoms with van der Waals surface area (Å²) in [6, 6.07) is 50.4.